The predicted molar refractivity (Wildman–Crippen MR) is 78.0 cm³/mol. The predicted octanol–water partition coefficient (Wildman–Crippen LogP) is 0.591. The van der Waals surface area contributed by atoms with Crippen LogP contribution in [0.1, 0.15) is 19.8 Å². The molecule has 2 rings (SSSR count). The van der Waals surface area contributed by atoms with E-state index in [1.165, 1.54) is 12.8 Å². The third kappa shape index (κ3) is 3.85. The molecule has 0 bridgehead atoms. The zero-order valence-electron chi connectivity index (χ0n) is 11.1. The third-order valence-electron chi connectivity index (χ3n) is 3.79. The molecule has 0 unspecified atom stereocenters. The second-order valence-electron chi connectivity index (χ2n) is 5.14. The largest absolute Gasteiger partial charge is 0.311 e. The van der Waals surface area contributed by atoms with Crippen molar-refractivity contribution in [3.63, 3.8) is 0 Å². The summed E-state index contributed by atoms with van der Waals surface area (Å²) >= 11 is 1.90. The molecule has 2 atom stereocenters. The van der Waals surface area contributed by atoms with E-state index in [-0.39, 0.29) is 12.1 Å². The third-order valence-corrected chi connectivity index (χ3v) is 6.41. The Hall–Kier alpha value is 0.220. The molecule has 2 aliphatic heterocycles. The molecule has 2 heterocycles. The van der Waals surface area contributed by atoms with Gasteiger partial charge in [0.05, 0.1) is 11.5 Å². The Morgan fingerprint density at radius 1 is 1.28 bits per heavy atom. The first kappa shape index (κ1) is 14.6. The highest BCUT2D eigenvalue weighted by molar-refractivity contribution is 7.99. The van der Waals surface area contributed by atoms with Crippen LogP contribution in [0.15, 0.2) is 0 Å². The van der Waals surface area contributed by atoms with E-state index in [1.54, 1.807) is 0 Å². The number of hydrogen-bond acceptors (Lipinski definition) is 5. The van der Waals surface area contributed by atoms with E-state index in [1.807, 2.05) is 11.8 Å². The number of rotatable bonds is 6. The number of sulfone groups is 1. The Labute approximate surface area is 115 Å². The smallest absolute Gasteiger partial charge is 0.153 e. The number of nitrogens with zero attached hydrogens (tertiary/aromatic N) is 1. The first-order valence-electron chi connectivity index (χ1n) is 6.88. The van der Waals surface area contributed by atoms with Gasteiger partial charge < -0.3 is 5.32 Å². The summed E-state index contributed by atoms with van der Waals surface area (Å²) in [6, 6.07) is 0.356. The molecular weight excluding hydrogens is 268 g/mol. The molecule has 0 radical (unpaired) electrons. The highest BCUT2D eigenvalue weighted by atomic mass is 32.2. The van der Waals surface area contributed by atoms with E-state index < -0.39 is 9.84 Å². The maximum Gasteiger partial charge on any atom is 0.153 e. The molecule has 2 fully saturated rings. The van der Waals surface area contributed by atoms with Crippen LogP contribution in [0.5, 0.6) is 0 Å². The lowest BCUT2D eigenvalue weighted by atomic mass is 10.1. The summed E-state index contributed by atoms with van der Waals surface area (Å²) in [6.07, 6.45) is 2.43. The number of hydrogen-bond donors (Lipinski definition) is 1. The van der Waals surface area contributed by atoms with Crippen molar-refractivity contribution in [1.82, 2.24) is 10.2 Å². The minimum Gasteiger partial charge on any atom is -0.311 e. The van der Waals surface area contributed by atoms with Gasteiger partial charge in [0.2, 0.25) is 0 Å². The summed E-state index contributed by atoms with van der Waals surface area (Å²) in [6.45, 7) is 5.21. The van der Waals surface area contributed by atoms with Crippen molar-refractivity contribution < 1.29 is 8.42 Å². The SMILES string of the molecule is CCSCCN[C@H]1CS(=O)(=O)C[C@@H]1N1CCCC1. The van der Waals surface area contributed by atoms with Crippen molar-refractivity contribution in [1.29, 1.82) is 0 Å². The fourth-order valence-corrected chi connectivity index (χ4v) is 5.46. The van der Waals surface area contributed by atoms with Crippen LogP contribution in [-0.2, 0) is 9.84 Å². The molecule has 18 heavy (non-hydrogen) atoms. The van der Waals surface area contributed by atoms with Gasteiger partial charge in [0.25, 0.3) is 0 Å². The molecule has 0 amide bonds. The van der Waals surface area contributed by atoms with Gasteiger partial charge in [0.15, 0.2) is 9.84 Å². The quantitative estimate of drug-likeness (QED) is 0.726. The van der Waals surface area contributed by atoms with Crippen molar-refractivity contribution in [2.45, 2.75) is 31.8 Å². The topological polar surface area (TPSA) is 49.4 Å². The van der Waals surface area contributed by atoms with Crippen LogP contribution in [-0.4, -0.2) is 68.0 Å². The van der Waals surface area contributed by atoms with Gasteiger partial charge in [-0.25, -0.2) is 8.42 Å². The Bertz CT molecular complexity index is 353. The minimum absolute atomic E-state index is 0.144. The Kier molecular flexibility index (Phi) is 5.35. The Morgan fingerprint density at radius 2 is 2.00 bits per heavy atom. The molecular formula is C12H24N2O2S2. The molecule has 6 heteroatoms. The molecule has 1 N–H and O–H groups in total. The van der Waals surface area contributed by atoms with E-state index in [0.717, 1.165) is 31.1 Å². The average molecular weight is 292 g/mol. The molecule has 106 valence electrons. The van der Waals surface area contributed by atoms with Crippen molar-refractivity contribution >= 4 is 21.6 Å². The molecule has 2 aliphatic rings. The maximum absolute atomic E-state index is 11.8. The Balaban J connectivity index is 1.88. The van der Waals surface area contributed by atoms with Crippen molar-refractivity contribution in [2.75, 3.05) is 42.6 Å². The number of nitrogens with one attached hydrogen (secondary N) is 1. The van der Waals surface area contributed by atoms with Crippen LogP contribution < -0.4 is 5.32 Å². The molecule has 0 saturated carbocycles. The first-order chi connectivity index (χ1) is 8.62. The summed E-state index contributed by atoms with van der Waals surface area (Å²) in [5.41, 5.74) is 0. The van der Waals surface area contributed by atoms with Gasteiger partial charge in [0, 0.05) is 24.4 Å². The Morgan fingerprint density at radius 3 is 2.67 bits per heavy atom. The van der Waals surface area contributed by atoms with Crippen LogP contribution in [0, 0.1) is 0 Å². The molecule has 4 nitrogen and oxygen atoms in total. The fraction of sp³-hybridized carbons (Fsp3) is 1.00. The first-order valence-corrected chi connectivity index (χ1v) is 9.85. The zero-order valence-corrected chi connectivity index (χ0v) is 12.7. The second kappa shape index (κ2) is 6.59. The molecule has 0 spiro atoms. The van der Waals surface area contributed by atoms with Crippen LogP contribution in [0.25, 0.3) is 0 Å². The van der Waals surface area contributed by atoms with Crippen LogP contribution in [0.2, 0.25) is 0 Å². The fourth-order valence-electron chi connectivity index (χ4n) is 2.92. The lowest BCUT2D eigenvalue weighted by Crippen LogP contribution is -2.48. The summed E-state index contributed by atoms with van der Waals surface area (Å²) in [5.74, 6) is 2.87. The summed E-state index contributed by atoms with van der Waals surface area (Å²) < 4.78 is 23.7. The van der Waals surface area contributed by atoms with Crippen molar-refractivity contribution in [3.05, 3.63) is 0 Å². The van der Waals surface area contributed by atoms with Crippen LogP contribution >= 0.6 is 11.8 Å². The number of likely N-dealkylation sites (tertiary alicyclic amines) is 1. The van der Waals surface area contributed by atoms with E-state index in [0.29, 0.717) is 11.5 Å². The molecule has 0 aromatic rings. The van der Waals surface area contributed by atoms with Gasteiger partial charge >= 0.3 is 0 Å². The van der Waals surface area contributed by atoms with Gasteiger partial charge in [0.1, 0.15) is 0 Å². The molecule has 0 aromatic carbocycles. The molecule has 0 aliphatic carbocycles. The van der Waals surface area contributed by atoms with E-state index in [9.17, 15) is 8.42 Å². The molecule has 2 saturated heterocycles. The van der Waals surface area contributed by atoms with Crippen LogP contribution in [0.3, 0.4) is 0 Å². The van der Waals surface area contributed by atoms with Gasteiger partial charge in [-0.2, -0.15) is 11.8 Å². The highest BCUT2D eigenvalue weighted by Gasteiger charge is 2.41. The maximum atomic E-state index is 11.8. The lowest BCUT2D eigenvalue weighted by Gasteiger charge is -2.28. The van der Waals surface area contributed by atoms with E-state index >= 15 is 0 Å². The summed E-state index contributed by atoms with van der Waals surface area (Å²) in [4.78, 5) is 2.37. The average Bonchev–Trinajstić information content (AvgIpc) is 2.91. The van der Waals surface area contributed by atoms with E-state index in [4.69, 9.17) is 0 Å². The monoisotopic (exact) mass is 292 g/mol. The van der Waals surface area contributed by atoms with Crippen molar-refractivity contribution in [2.24, 2.45) is 0 Å². The second-order valence-corrected chi connectivity index (χ2v) is 8.69. The summed E-state index contributed by atoms with van der Waals surface area (Å²) in [7, 11) is -2.84. The lowest BCUT2D eigenvalue weighted by molar-refractivity contribution is 0.228. The van der Waals surface area contributed by atoms with Gasteiger partial charge in [-0.05, 0) is 31.7 Å². The minimum atomic E-state index is -2.84. The van der Waals surface area contributed by atoms with Crippen molar-refractivity contribution in [3.8, 4) is 0 Å². The zero-order chi connectivity index (χ0) is 13.0. The standard InChI is InChI=1S/C12H24N2O2S2/c1-2-17-8-5-13-11-9-18(15,16)10-12(11)14-6-3-4-7-14/h11-13H,2-10H2,1H3/t11-,12-/m0/s1. The van der Waals surface area contributed by atoms with Gasteiger partial charge in [-0.15, -0.1) is 0 Å². The number of thioether (sulfide) groups is 1. The molecule has 0 aromatic heterocycles. The van der Waals surface area contributed by atoms with Gasteiger partial charge in [-0.3, -0.25) is 4.90 Å². The van der Waals surface area contributed by atoms with E-state index in [2.05, 4.69) is 17.1 Å². The highest BCUT2D eigenvalue weighted by Crippen LogP contribution is 2.22. The van der Waals surface area contributed by atoms with Crippen LogP contribution in [0.4, 0.5) is 0 Å². The normalized spacial score (nSPS) is 32.1. The summed E-state index contributed by atoms with van der Waals surface area (Å²) in [5, 5.41) is 3.46. The van der Waals surface area contributed by atoms with Gasteiger partial charge in [-0.1, -0.05) is 6.92 Å².